The minimum absolute atomic E-state index is 0.0397. The fourth-order valence-corrected chi connectivity index (χ4v) is 4.07. The number of rotatable bonds is 4. The first kappa shape index (κ1) is 15.4. The molecule has 0 unspecified atom stereocenters. The molecule has 0 saturated carbocycles. The maximum atomic E-state index is 12.2. The summed E-state index contributed by atoms with van der Waals surface area (Å²) in [6.45, 7) is 2.75. The smallest absolute Gasteiger partial charge is 0.266 e. The number of pyridine rings is 1. The Labute approximate surface area is 143 Å². The number of thiophene rings is 1. The molecule has 124 valence electrons. The molecule has 3 N–H and O–H groups in total. The first-order valence-corrected chi connectivity index (χ1v) is 8.80. The van der Waals surface area contributed by atoms with Crippen molar-refractivity contribution in [3.8, 4) is 5.75 Å². The van der Waals surface area contributed by atoms with Gasteiger partial charge in [0.1, 0.15) is 10.4 Å². The second-order valence-corrected chi connectivity index (χ2v) is 7.02. The van der Waals surface area contributed by atoms with Crippen LogP contribution in [0.4, 0.5) is 0 Å². The maximum Gasteiger partial charge on any atom is 0.266 e. The molecule has 6 heteroatoms. The Bertz CT molecular complexity index is 983. The largest absolute Gasteiger partial charge is 0.496 e. The second kappa shape index (κ2) is 6.05. The number of hydrogen-bond acceptors (Lipinski definition) is 5. The molecule has 4 rings (SSSR count). The molecule has 24 heavy (non-hydrogen) atoms. The number of ether oxygens (including phenoxy) is 1. The number of methoxy groups -OCH3 is 1. The van der Waals surface area contributed by atoms with Crippen LogP contribution in [0.5, 0.6) is 5.75 Å². The van der Waals surface area contributed by atoms with Crippen molar-refractivity contribution in [1.29, 1.82) is 0 Å². The standard InChI is InChI=1S/C18H19N3O2S/c1-23-15-5-4-14-16(13-6-8-24-17(13)18(22)20-14)12(15)3-2-7-21-9-11(19)10-21/h2-6,8,11H,7,9-10,19H2,1H3,(H,20,22)/b3-2+. The van der Waals surface area contributed by atoms with Gasteiger partial charge in [-0.2, -0.15) is 0 Å². The monoisotopic (exact) mass is 341 g/mol. The average molecular weight is 341 g/mol. The summed E-state index contributed by atoms with van der Waals surface area (Å²) in [6, 6.07) is 6.11. The highest BCUT2D eigenvalue weighted by atomic mass is 32.1. The number of likely N-dealkylation sites (tertiary alicyclic amines) is 1. The van der Waals surface area contributed by atoms with Crippen molar-refractivity contribution in [2.75, 3.05) is 26.7 Å². The SMILES string of the molecule is COc1ccc2[nH]c(=O)c3sccc3c2c1/C=C/CN1CC(N)C1. The number of hydrogen-bond donors (Lipinski definition) is 2. The van der Waals surface area contributed by atoms with Crippen LogP contribution in [-0.4, -0.2) is 42.7 Å². The highest BCUT2D eigenvalue weighted by Crippen LogP contribution is 2.34. The van der Waals surface area contributed by atoms with Crippen LogP contribution in [-0.2, 0) is 0 Å². The first-order valence-electron chi connectivity index (χ1n) is 7.92. The predicted octanol–water partition coefficient (Wildman–Crippen LogP) is 2.41. The van der Waals surface area contributed by atoms with E-state index in [4.69, 9.17) is 10.5 Å². The minimum Gasteiger partial charge on any atom is -0.496 e. The molecule has 0 atom stereocenters. The zero-order valence-electron chi connectivity index (χ0n) is 13.4. The summed E-state index contributed by atoms with van der Waals surface area (Å²) in [4.78, 5) is 17.5. The molecule has 0 radical (unpaired) electrons. The van der Waals surface area contributed by atoms with Gasteiger partial charge in [0.05, 0.1) is 7.11 Å². The third-order valence-electron chi connectivity index (χ3n) is 4.45. The van der Waals surface area contributed by atoms with E-state index in [0.29, 0.717) is 6.04 Å². The molecule has 3 aromatic rings. The summed E-state index contributed by atoms with van der Waals surface area (Å²) in [7, 11) is 1.67. The molecule has 3 heterocycles. The summed E-state index contributed by atoms with van der Waals surface area (Å²) in [6.07, 6.45) is 4.22. The fourth-order valence-electron chi connectivity index (χ4n) is 3.28. The number of nitrogens with zero attached hydrogens (tertiary/aromatic N) is 1. The van der Waals surface area contributed by atoms with E-state index in [1.165, 1.54) is 11.3 Å². The van der Waals surface area contributed by atoms with Crippen LogP contribution in [0.25, 0.3) is 27.1 Å². The van der Waals surface area contributed by atoms with Gasteiger partial charge in [-0.05, 0) is 23.6 Å². The zero-order valence-corrected chi connectivity index (χ0v) is 14.2. The predicted molar refractivity (Wildman–Crippen MR) is 100.0 cm³/mol. The molecule has 1 aliphatic heterocycles. The van der Waals surface area contributed by atoms with Gasteiger partial charge in [0.25, 0.3) is 5.56 Å². The van der Waals surface area contributed by atoms with Crippen molar-refractivity contribution in [2.24, 2.45) is 5.73 Å². The van der Waals surface area contributed by atoms with Gasteiger partial charge >= 0.3 is 0 Å². The zero-order chi connectivity index (χ0) is 16.7. The third kappa shape index (κ3) is 2.53. The highest BCUT2D eigenvalue weighted by Gasteiger charge is 2.21. The summed E-state index contributed by atoms with van der Waals surface area (Å²) >= 11 is 1.46. The van der Waals surface area contributed by atoms with E-state index in [1.807, 2.05) is 23.6 Å². The Hall–Kier alpha value is -2.15. The van der Waals surface area contributed by atoms with Crippen molar-refractivity contribution in [1.82, 2.24) is 9.88 Å². The van der Waals surface area contributed by atoms with Crippen molar-refractivity contribution in [2.45, 2.75) is 6.04 Å². The van der Waals surface area contributed by atoms with Crippen LogP contribution in [0.2, 0.25) is 0 Å². The van der Waals surface area contributed by atoms with E-state index in [2.05, 4.69) is 22.0 Å². The van der Waals surface area contributed by atoms with Crippen LogP contribution in [0, 0.1) is 0 Å². The van der Waals surface area contributed by atoms with Gasteiger partial charge in [-0.25, -0.2) is 0 Å². The molecule has 1 aromatic carbocycles. The molecule has 1 fully saturated rings. The molecule has 1 aliphatic rings. The molecule has 0 bridgehead atoms. The number of aromatic nitrogens is 1. The highest BCUT2D eigenvalue weighted by molar-refractivity contribution is 7.17. The Morgan fingerprint density at radius 2 is 2.25 bits per heavy atom. The van der Waals surface area contributed by atoms with Gasteiger partial charge in [0.2, 0.25) is 0 Å². The number of nitrogens with one attached hydrogen (secondary N) is 1. The molecule has 0 spiro atoms. The molecule has 5 nitrogen and oxygen atoms in total. The summed E-state index contributed by atoms with van der Waals surface area (Å²) in [5.74, 6) is 0.804. The van der Waals surface area contributed by atoms with E-state index in [-0.39, 0.29) is 5.56 Å². The van der Waals surface area contributed by atoms with Crippen LogP contribution in [0.1, 0.15) is 5.56 Å². The van der Waals surface area contributed by atoms with Gasteiger partial charge < -0.3 is 15.5 Å². The molecular weight excluding hydrogens is 322 g/mol. The quantitative estimate of drug-likeness (QED) is 0.764. The normalized spacial score (nSPS) is 16.2. The van der Waals surface area contributed by atoms with Crippen molar-refractivity contribution < 1.29 is 4.74 Å². The third-order valence-corrected chi connectivity index (χ3v) is 5.36. The summed E-state index contributed by atoms with van der Waals surface area (Å²) < 4.78 is 6.30. The average Bonchev–Trinajstić information content (AvgIpc) is 3.03. The Balaban J connectivity index is 1.83. The van der Waals surface area contributed by atoms with E-state index in [1.54, 1.807) is 7.11 Å². The topological polar surface area (TPSA) is 71.4 Å². The molecular formula is C18H19N3O2S. The van der Waals surface area contributed by atoms with Gasteiger partial charge in [0.15, 0.2) is 0 Å². The van der Waals surface area contributed by atoms with Crippen molar-refractivity contribution in [3.05, 3.63) is 45.6 Å². The van der Waals surface area contributed by atoms with Crippen LogP contribution >= 0.6 is 11.3 Å². The molecule has 0 amide bonds. The van der Waals surface area contributed by atoms with Crippen molar-refractivity contribution in [3.63, 3.8) is 0 Å². The summed E-state index contributed by atoms with van der Waals surface area (Å²) in [5, 5.41) is 3.96. The molecule has 2 aromatic heterocycles. The van der Waals surface area contributed by atoms with Gasteiger partial charge in [0, 0.05) is 47.5 Å². The Morgan fingerprint density at radius 1 is 1.42 bits per heavy atom. The lowest BCUT2D eigenvalue weighted by atomic mass is 10.0. The molecule has 0 aliphatic carbocycles. The molecule has 1 saturated heterocycles. The van der Waals surface area contributed by atoms with Gasteiger partial charge in [-0.1, -0.05) is 12.2 Å². The fraction of sp³-hybridized carbons (Fsp3) is 0.278. The van der Waals surface area contributed by atoms with E-state index in [0.717, 1.165) is 51.9 Å². The van der Waals surface area contributed by atoms with E-state index >= 15 is 0 Å². The van der Waals surface area contributed by atoms with Crippen LogP contribution in [0.3, 0.4) is 0 Å². The summed E-state index contributed by atoms with van der Waals surface area (Å²) in [5.41, 5.74) is 7.61. The lowest BCUT2D eigenvalue weighted by Gasteiger charge is -2.35. The first-order chi connectivity index (χ1) is 11.7. The number of H-pyrrole nitrogens is 1. The maximum absolute atomic E-state index is 12.2. The lowest BCUT2D eigenvalue weighted by Crippen LogP contribution is -2.55. The second-order valence-electron chi connectivity index (χ2n) is 6.10. The van der Waals surface area contributed by atoms with E-state index < -0.39 is 0 Å². The number of fused-ring (bicyclic) bond motifs is 3. The van der Waals surface area contributed by atoms with Gasteiger partial charge in [-0.15, -0.1) is 11.3 Å². The lowest BCUT2D eigenvalue weighted by molar-refractivity contribution is 0.170. The van der Waals surface area contributed by atoms with E-state index in [9.17, 15) is 4.79 Å². The van der Waals surface area contributed by atoms with Crippen molar-refractivity contribution >= 4 is 38.4 Å². The number of nitrogens with two attached hydrogens (primary N) is 1. The number of benzene rings is 1. The van der Waals surface area contributed by atoms with Crippen LogP contribution < -0.4 is 16.0 Å². The van der Waals surface area contributed by atoms with Gasteiger partial charge in [-0.3, -0.25) is 9.69 Å². The Kier molecular flexibility index (Phi) is 3.88. The number of aromatic amines is 1. The van der Waals surface area contributed by atoms with Crippen LogP contribution in [0.15, 0.2) is 34.4 Å². The minimum atomic E-state index is -0.0397. The Morgan fingerprint density at radius 3 is 3.00 bits per heavy atom.